The van der Waals surface area contributed by atoms with Gasteiger partial charge in [-0.3, -0.25) is 0 Å². The van der Waals surface area contributed by atoms with Crippen molar-refractivity contribution in [3.8, 4) is 5.75 Å². The summed E-state index contributed by atoms with van der Waals surface area (Å²) in [4.78, 5) is 2.20. The van der Waals surface area contributed by atoms with Crippen molar-refractivity contribution in [2.24, 2.45) is 0 Å². The Bertz CT molecular complexity index is 626. The van der Waals surface area contributed by atoms with Crippen molar-refractivity contribution in [1.29, 1.82) is 0 Å². The molecule has 0 spiro atoms. The van der Waals surface area contributed by atoms with Crippen LogP contribution in [0.3, 0.4) is 0 Å². The summed E-state index contributed by atoms with van der Waals surface area (Å²) in [6.45, 7) is 2.07. The van der Waals surface area contributed by atoms with E-state index < -0.39 is 0 Å². The van der Waals surface area contributed by atoms with Crippen molar-refractivity contribution in [1.82, 2.24) is 0 Å². The molecule has 104 valence electrons. The van der Waals surface area contributed by atoms with E-state index in [1.54, 1.807) is 0 Å². The van der Waals surface area contributed by atoms with Crippen LogP contribution in [0.25, 0.3) is 0 Å². The molecule has 1 heterocycles. The monoisotopic (exact) mass is 308 g/mol. The van der Waals surface area contributed by atoms with E-state index in [0.717, 1.165) is 23.5 Å². The molecule has 0 aromatic heterocycles. The third kappa shape index (κ3) is 2.51. The van der Waals surface area contributed by atoms with Gasteiger partial charge < -0.3 is 15.4 Å². The van der Waals surface area contributed by atoms with E-state index >= 15 is 0 Å². The van der Waals surface area contributed by atoms with Crippen LogP contribution in [0.1, 0.15) is 5.56 Å². The predicted molar refractivity (Wildman–Crippen MR) is 83.9 cm³/mol. The number of benzene rings is 2. The molecule has 0 aliphatic carbocycles. The fourth-order valence-corrected chi connectivity index (χ4v) is 2.85. The summed E-state index contributed by atoms with van der Waals surface area (Å²) < 4.78 is 5.65. The van der Waals surface area contributed by atoms with Crippen LogP contribution in [-0.4, -0.2) is 13.2 Å². The molecule has 0 atom stereocenters. The fraction of sp³-hybridized carbons (Fsp3) is 0.200. The zero-order valence-corrected chi connectivity index (χ0v) is 12.3. The van der Waals surface area contributed by atoms with Crippen molar-refractivity contribution in [3.63, 3.8) is 0 Å². The number of nitrogens with zero attached hydrogens (tertiary/aromatic N) is 1. The first-order valence-corrected chi connectivity index (χ1v) is 7.11. The van der Waals surface area contributed by atoms with Crippen LogP contribution in [0.15, 0.2) is 36.4 Å². The molecule has 2 aromatic rings. The lowest BCUT2D eigenvalue weighted by Crippen LogP contribution is -2.32. The Morgan fingerprint density at radius 1 is 1.15 bits per heavy atom. The highest BCUT2D eigenvalue weighted by Gasteiger charge is 2.20. The molecule has 0 saturated carbocycles. The number of halogens is 2. The number of hydrogen-bond acceptors (Lipinski definition) is 3. The van der Waals surface area contributed by atoms with Gasteiger partial charge in [-0.1, -0.05) is 29.3 Å². The van der Waals surface area contributed by atoms with Gasteiger partial charge in [0.05, 0.1) is 12.2 Å². The van der Waals surface area contributed by atoms with Crippen molar-refractivity contribution in [2.45, 2.75) is 6.54 Å². The van der Waals surface area contributed by atoms with Gasteiger partial charge in [0.25, 0.3) is 0 Å². The SMILES string of the molecule is Nc1ccc2c(c1)OCCN2Cc1c(Cl)cccc1Cl. The molecule has 0 amide bonds. The summed E-state index contributed by atoms with van der Waals surface area (Å²) in [5.41, 5.74) is 8.43. The quantitative estimate of drug-likeness (QED) is 0.853. The van der Waals surface area contributed by atoms with Gasteiger partial charge in [-0.2, -0.15) is 0 Å². The highest BCUT2D eigenvalue weighted by molar-refractivity contribution is 6.36. The minimum absolute atomic E-state index is 0.624. The lowest BCUT2D eigenvalue weighted by atomic mass is 10.1. The van der Waals surface area contributed by atoms with Gasteiger partial charge in [-0.05, 0) is 24.3 Å². The van der Waals surface area contributed by atoms with Crippen molar-refractivity contribution in [3.05, 3.63) is 52.0 Å². The average molecular weight is 309 g/mol. The number of anilines is 2. The molecule has 0 saturated heterocycles. The van der Waals surface area contributed by atoms with Crippen molar-refractivity contribution >= 4 is 34.6 Å². The van der Waals surface area contributed by atoms with E-state index in [2.05, 4.69) is 4.90 Å². The summed E-state index contributed by atoms with van der Waals surface area (Å²) >= 11 is 12.5. The number of rotatable bonds is 2. The Labute approximate surface area is 127 Å². The smallest absolute Gasteiger partial charge is 0.144 e. The number of nitrogens with two attached hydrogens (primary N) is 1. The topological polar surface area (TPSA) is 38.5 Å². The van der Waals surface area contributed by atoms with E-state index in [9.17, 15) is 0 Å². The van der Waals surface area contributed by atoms with Gasteiger partial charge in [-0.15, -0.1) is 0 Å². The molecular formula is C15H14Cl2N2O. The van der Waals surface area contributed by atoms with Crippen molar-refractivity contribution < 1.29 is 4.74 Å². The molecule has 20 heavy (non-hydrogen) atoms. The lowest BCUT2D eigenvalue weighted by Gasteiger charge is -2.32. The van der Waals surface area contributed by atoms with Crippen LogP contribution < -0.4 is 15.4 Å². The minimum Gasteiger partial charge on any atom is -0.489 e. The largest absolute Gasteiger partial charge is 0.489 e. The van der Waals surface area contributed by atoms with Crippen LogP contribution in [-0.2, 0) is 6.54 Å². The predicted octanol–water partition coefficient (Wildman–Crippen LogP) is 3.97. The molecule has 0 bridgehead atoms. The van der Waals surface area contributed by atoms with Gasteiger partial charge in [0.2, 0.25) is 0 Å². The first-order valence-electron chi connectivity index (χ1n) is 6.35. The van der Waals surface area contributed by atoms with E-state index in [0.29, 0.717) is 28.9 Å². The molecular weight excluding hydrogens is 295 g/mol. The summed E-state index contributed by atoms with van der Waals surface area (Å²) in [6, 6.07) is 11.2. The maximum atomic E-state index is 6.24. The standard InChI is InChI=1S/C15H14Cl2N2O/c16-12-2-1-3-13(17)11(12)9-19-6-7-20-15-8-10(18)4-5-14(15)19/h1-5,8H,6-7,9,18H2. The molecule has 0 unspecified atom stereocenters. The lowest BCUT2D eigenvalue weighted by molar-refractivity contribution is 0.307. The summed E-state index contributed by atoms with van der Waals surface area (Å²) in [5, 5.41) is 1.36. The third-order valence-corrected chi connectivity index (χ3v) is 4.06. The van der Waals surface area contributed by atoms with Gasteiger partial charge in [0.1, 0.15) is 12.4 Å². The maximum Gasteiger partial charge on any atom is 0.144 e. The molecule has 3 rings (SSSR count). The zero-order chi connectivity index (χ0) is 14.1. The third-order valence-electron chi connectivity index (χ3n) is 3.35. The average Bonchev–Trinajstić information content (AvgIpc) is 2.42. The highest BCUT2D eigenvalue weighted by Crippen LogP contribution is 2.36. The summed E-state index contributed by atoms with van der Waals surface area (Å²) in [7, 11) is 0. The number of fused-ring (bicyclic) bond motifs is 1. The Kier molecular flexibility index (Phi) is 3.64. The van der Waals surface area contributed by atoms with Gasteiger partial charge >= 0.3 is 0 Å². The second-order valence-corrected chi connectivity index (χ2v) is 5.51. The molecule has 0 fully saturated rings. The molecule has 5 heteroatoms. The Morgan fingerprint density at radius 3 is 2.65 bits per heavy atom. The summed E-state index contributed by atoms with van der Waals surface area (Å²) in [6.07, 6.45) is 0. The Balaban J connectivity index is 1.94. The van der Waals surface area contributed by atoms with E-state index in [-0.39, 0.29) is 0 Å². The summed E-state index contributed by atoms with van der Waals surface area (Å²) in [5.74, 6) is 0.805. The second kappa shape index (κ2) is 5.43. The molecule has 2 aromatic carbocycles. The number of hydrogen-bond donors (Lipinski definition) is 1. The first-order chi connectivity index (χ1) is 9.65. The van der Waals surface area contributed by atoms with Gasteiger partial charge in [0.15, 0.2) is 0 Å². The van der Waals surface area contributed by atoms with Crippen LogP contribution in [0.2, 0.25) is 10.0 Å². The van der Waals surface area contributed by atoms with Gasteiger partial charge in [-0.25, -0.2) is 0 Å². The minimum atomic E-state index is 0.624. The first kappa shape index (κ1) is 13.4. The van der Waals surface area contributed by atoms with Crippen LogP contribution in [0, 0.1) is 0 Å². The molecule has 0 radical (unpaired) electrons. The van der Waals surface area contributed by atoms with E-state index in [1.165, 1.54) is 0 Å². The van der Waals surface area contributed by atoms with E-state index in [1.807, 2.05) is 36.4 Å². The van der Waals surface area contributed by atoms with Crippen molar-refractivity contribution in [2.75, 3.05) is 23.8 Å². The zero-order valence-electron chi connectivity index (χ0n) is 10.8. The molecule has 1 aliphatic heterocycles. The van der Waals surface area contributed by atoms with Crippen LogP contribution >= 0.6 is 23.2 Å². The normalized spacial score (nSPS) is 13.8. The highest BCUT2D eigenvalue weighted by atomic mass is 35.5. The fourth-order valence-electron chi connectivity index (χ4n) is 2.33. The molecule has 3 nitrogen and oxygen atoms in total. The maximum absolute atomic E-state index is 6.24. The number of nitrogen functional groups attached to an aromatic ring is 1. The Hall–Kier alpha value is -1.58. The molecule has 1 aliphatic rings. The Morgan fingerprint density at radius 2 is 1.90 bits per heavy atom. The van der Waals surface area contributed by atoms with E-state index in [4.69, 9.17) is 33.7 Å². The molecule has 2 N–H and O–H groups in total. The van der Waals surface area contributed by atoms with Gasteiger partial charge in [0, 0.05) is 33.9 Å². The van der Waals surface area contributed by atoms with Crippen LogP contribution in [0.5, 0.6) is 5.75 Å². The van der Waals surface area contributed by atoms with Crippen LogP contribution in [0.4, 0.5) is 11.4 Å². The number of ether oxygens (including phenoxy) is 1. The second-order valence-electron chi connectivity index (χ2n) is 4.70.